The highest BCUT2D eigenvalue weighted by Gasteiger charge is 2.26. The van der Waals surface area contributed by atoms with Crippen molar-refractivity contribution in [2.45, 2.75) is 34.1 Å². The first-order valence-corrected chi connectivity index (χ1v) is 8.65. The van der Waals surface area contributed by atoms with Crippen molar-refractivity contribution < 1.29 is 9.90 Å². The Hall–Kier alpha value is -1.55. The van der Waals surface area contributed by atoms with Gasteiger partial charge in [-0.3, -0.25) is 4.79 Å². The molecule has 0 aromatic heterocycles. The fourth-order valence-electron chi connectivity index (χ4n) is 3.31. The molecule has 0 aliphatic carbocycles. The lowest BCUT2D eigenvalue weighted by molar-refractivity contribution is 0.0623. The fraction of sp³-hybridized carbons (Fsp3) is 0.632. The van der Waals surface area contributed by atoms with Crippen molar-refractivity contribution in [3.63, 3.8) is 0 Å². The van der Waals surface area contributed by atoms with Gasteiger partial charge in [-0.1, -0.05) is 26.8 Å². The van der Waals surface area contributed by atoms with Crippen LogP contribution in [0.25, 0.3) is 0 Å². The zero-order valence-electron chi connectivity index (χ0n) is 14.8. The number of carbonyl (C=O) groups is 1. The fourth-order valence-corrected chi connectivity index (χ4v) is 3.31. The summed E-state index contributed by atoms with van der Waals surface area (Å²) < 4.78 is 0. The molecule has 2 N–H and O–H groups in total. The molecular formula is C19H30N2O2. The SMILES string of the molecule is Cc1ccc(C(=O)N2CC(C)CC(C)C2)cc1NCC(C)CO. The number of hydrogen-bond acceptors (Lipinski definition) is 3. The summed E-state index contributed by atoms with van der Waals surface area (Å²) >= 11 is 0. The van der Waals surface area contributed by atoms with Crippen LogP contribution in [0.15, 0.2) is 18.2 Å². The molecule has 3 unspecified atom stereocenters. The lowest BCUT2D eigenvalue weighted by Crippen LogP contribution is -2.42. The summed E-state index contributed by atoms with van der Waals surface area (Å²) in [4.78, 5) is 14.8. The molecule has 128 valence electrons. The molecular weight excluding hydrogens is 288 g/mol. The number of piperidine rings is 1. The average molecular weight is 318 g/mol. The van der Waals surface area contributed by atoms with Crippen LogP contribution in [0.4, 0.5) is 5.69 Å². The van der Waals surface area contributed by atoms with Gasteiger partial charge in [0.05, 0.1) is 0 Å². The summed E-state index contributed by atoms with van der Waals surface area (Å²) in [5.74, 6) is 1.45. The number of nitrogens with one attached hydrogen (secondary N) is 1. The highest BCUT2D eigenvalue weighted by molar-refractivity contribution is 5.95. The van der Waals surface area contributed by atoms with Crippen LogP contribution in [0.1, 0.15) is 43.1 Å². The zero-order valence-corrected chi connectivity index (χ0v) is 14.8. The number of anilines is 1. The van der Waals surface area contributed by atoms with E-state index >= 15 is 0 Å². The Balaban J connectivity index is 2.11. The Morgan fingerprint density at radius 1 is 1.35 bits per heavy atom. The van der Waals surface area contributed by atoms with Crippen LogP contribution >= 0.6 is 0 Å². The molecule has 1 saturated heterocycles. The molecule has 0 saturated carbocycles. The number of aryl methyl sites for hydroxylation is 1. The van der Waals surface area contributed by atoms with E-state index in [0.29, 0.717) is 18.4 Å². The molecule has 1 aromatic carbocycles. The first-order chi connectivity index (χ1) is 10.9. The molecule has 1 aromatic rings. The number of amides is 1. The molecule has 1 fully saturated rings. The monoisotopic (exact) mass is 318 g/mol. The van der Waals surface area contributed by atoms with Crippen LogP contribution in [0, 0.1) is 24.7 Å². The van der Waals surface area contributed by atoms with Crippen LogP contribution in [0.2, 0.25) is 0 Å². The minimum atomic E-state index is 0.127. The molecule has 1 heterocycles. The second kappa shape index (κ2) is 7.82. The van der Waals surface area contributed by atoms with Crippen molar-refractivity contribution in [1.29, 1.82) is 0 Å². The highest BCUT2D eigenvalue weighted by Crippen LogP contribution is 2.24. The number of benzene rings is 1. The van der Waals surface area contributed by atoms with Crippen molar-refractivity contribution in [1.82, 2.24) is 4.90 Å². The van der Waals surface area contributed by atoms with E-state index in [0.717, 1.165) is 29.9 Å². The molecule has 0 spiro atoms. The lowest BCUT2D eigenvalue weighted by atomic mass is 9.91. The summed E-state index contributed by atoms with van der Waals surface area (Å²) in [6.45, 7) is 11.0. The van der Waals surface area contributed by atoms with Crippen LogP contribution < -0.4 is 5.32 Å². The summed E-state index contributed by atoms with van der Waals surface area (Å²) in [6.07, 6.45) is 1.20. The Morgan fingerprint density at radius 2 is 2.00 bits per heavy atom. The standard InChI is InChI=1S/C19H30N2O2/c1-13-7-14(2)11-21(10-13)19(23)17-6-5-16(4)18(8-17)20-9-15(3)12-22/h5-6,8,13-15,20,22H,7,9-12H2,1-4H3. The third-order valence-corrected chi connectivity index (χ3v) is 4.59. The van der Waals surface area contributed by atoms with Gasteiger partial charge in [0.25, 0.3) is 5.91 Å². The molecule has 23 heavy (non-hydrogen) atoms. The number of rotatable bonds is 5. The van der Waals surface area contributed by atoms with Crippen LogP contribution in [-0.2, 0) is 0 Å². The van der Waals surface area contributed by atoms with E-state index < -0.39 is 0 Å². The van der Waals surface area contributed by atoms with Gasteiger partial charge in [0, 0.05) is 37.5 Å². The second-order valence-corrected chi connectivity index (χ2v) is 7.35. The molecule has 4 heteroatoms. The lowest BCUT2D eigenvalue weighted by Gasteiger charge is -2.35. The molecule has 4 nitrogen and oxygen atoms in total. The van der Waals surface area contributed by atoms with Crippen LogP contribution in [-0.4, -0.2) is 42.2 Å². The van der Waals surface area contributed by atoms with E-state index in [-0.39, 0.29) is 18.4 Å². The predicted molar refractivity (Wildman–Crippen MR) is 94.8 cm³/mol. The van der Waals surface area contributed by atoms with E-state index in [1.54, 1.807) is 0 Å². The number of hydrogen-bond donors (Lipinski definition) is 2. The van der Waals surface area contributed by atoms with E-state index in [4.69, 9.17) is 5.11 Å². The Labute approximate surface area is 139 Å². The van der Waals surface area contributed by atoms with E-state index in [9.17, 15) is 4.79 Å². The highest BCUT2D eigenvalue weighted by atomic mass is 16.3. The predicted octanol–water partition coefficient (Wildman–Crippen LogP) is 3.15. The Morgan fingerprint density at radius 3 is 2.61 bits per heavy atom. The second-order valence-electron chi connectivity index (χ2n) is 7.35. The molecule has 0 radical (unpaired) electrons. The van der Waals surface area contributed by atoms with Gasteiger partial charge in [0.2, 0.25) is 0 Å². The number of carbonyl (C=O) groups excluding carboxylic acids is 1. The Kier molecular flexibility index (Phi) is 6.05. The van der Waals surface area contributed by atoms with Crippen molar-refractivity contribution in [2.75, 3.05) is 31.6 Å². The van der Waals surface area contributed by atoms with Crippen molar-refractivity contribution in [3.8, 4) is 0 Å². The number of aliphatic hydroxyl groups is 1. The summed E-state index contributed by atoms with van der Waals surface area (Å²) in [6, 6.07) is 5.87. The average Bonchev–Trinajstić information content (AvgIpc) is 2.52. The maximum atomic E-state index is 12.8. The number of likely N-dealkylation sites (tertiary alicyclic amines) is 1. The smallest absolute Gasteiger partial charge is 0.253 e. The first-order valence-electron chi connectivity index (χ1n) is 8.65. The quantitative estimate of drug-likeness (QED) is 0.877. The van der Waals surface area contributed by atoms with Crippen molar-refractivity contribution >= 4 is 11.6 Å². The largest absolute Gasteiger partial charge is 0.396 e. The first kappa shape index (κ1) is 17.8. The van der Waals surface area contributed by atoms with Crippen molar-refractivity contribution in [3.05, 3.63) is 29.3 Å². The van der Waals surface area contributed by atoms with Gasteiger partial charge in [0.1, 0.15) is 0 Å². The third kappa shape index (κ3) is 4.71. The number of aliphatic hydroxyl groups excluding tert-OH is 1. The molecule has 3 atom stereocenters. The van der Waals surface area contributed by atoms with E-state index in [1.165, 1.54) is 6.42 Å². The van der Waals surface area contributed by atoms with Gasteiger partial charge >= 0.3 is 0 Å². The maximum absolute atomic E-state index is 12.8. The molecule has 0 bridgehead atoms. The van der Waals surface area contributed by atoms with Crippen LogP contribution in [0.5, 0.6) is 0 Å². The normalized spacial score (nSPS) is 22.7. The molecule has 1 amide bonds. The van der Waals surface area contributed by atoms with Gasteiger partial charge in [-0.2, -0.15) is 0 Å². The summed E-state index contributed by atoms with van der Waals surface area (Å²) in [5.41, 5.74) is 2.84. The van der Waals surface area contributed by atoms with E-state index in [2.05, 4.69) is 19.2 Å². The van der Waals surface area contributed by atoms with Gasteiger partial charge in [-0.25, -0.2) is 0 Å². The van der Waals surface area contributed by atoms with Crippen LogP contribution in [0.3, 0.4) is 0 Å². The van der Waals surface area contributed by atoms with Gasteiger partial charge in [-0.05, 0) is 48.8 Å². The molecule has 1 aliphatic rings. The summed E-state index contributed by atoms with van der Waals surface area (Å²) in [7, 11) is 0. The van der Waals surface area contributed by atoms with Gasteiger partial charge in [0.15, 0.2) is 0 Å². The minimum absolute atomic E-state index is 0.127. The number of nitrogens with zero attached hydrogens (tertiary/aromatic N) is 1. The topological polar surface area (TPSA) is 52.6 Å². The maximum Gasteiger partial charge on any atom is 0.253 e. The Bertz CT molecular complexity index is 534. The molecule has 2 rings (SSSR count). The zero-order chi connectivity index (χ0) is 17.0. The molecule has 1 aliphatic heterocycles. The third-order valence-electron chi connectivity index (χ3n) is 4.59. The van der Waals surface area contributed by atoms with E-state index in [1.807, 2.05) is 36.9 Å². The summed E-state index contributed by atoms with van der Waals surface area (Å²) in [5, 5.41) is 12.5. The van der Waals surface area contributed by atoms with Crippen molar-refractivity contribution in [2.24, 2.45) is 17.8 Å². The van der Waals surface area contributed by atoms with Gasteiger partial charge in [-0.15, -0.1) is 0 Å². The minimum Gasteiger partial charge on any atom is -0.396 e. The van der Waals surface area contributed by atoms with Gasteiger partial charge < -0.3 is 15.3 Å².